The Morgan fingerprint density at radius 2 is 1.54 bits per heavy atom. The largest absolute Gasteiger partial charge is 0.326 e. The monoisotopic (exact) mass is 344 g/mol. The van der Waals surface area contributed by atoms with Crippen LogP contribution in [0.1, 0.15) is 5.56 Å². The van der Waals surface area contributed by atoms with Crippen LogP contribution in [0.2, 0.25) is 0 Å². The van der Waals surface area contributed by atoms with E-state index in [4.69, 9.17) is 12.2 Å². The molecular weight excluding hydrogens is 334 g/mol. The third-order valence-electron chi connectivity index (χ3n) is 3.42. The van der Waals surface area contributed by atoms with E-state index in [-0.39, 0.29) is 10.6 Å². The zero-order valence-corrected chi connectivity index (χ0v) is 12.9. The molecule has 1 saturated heterocycles. The lowest BCUT2D eigenvalue weighted by molar-refractivity contribution is -0.116. The fraction of sp³-hybridized carbons (Fsp3) is 0. The molecule has 1 aliphatic heterocycles. The van der Waals surface area contributed by atoms with Gasteiger partial charge >= 0.3 is 6.03 Å². The van der Waals surface area contributed by atoms with Crippen molar-refractivity contribution in [2.24, 2.45) is 0 Å². The molecule has 3 amide bonds. The number of carbonyl (C=O) groups is 2. The van der Waals surface area contributed by atoms with Crippen molar-refractivity contribution in [3.8, 4) is 11.1 Å². The van der Waals surface area contributed by atoms with E-state index in [0.29, 0.717) is 16.7 Å². The van der Waals surface area contributed by atoms with Crippen LogP contribution in [0, 0.1) is 11.6 Å². The van der Waals surface area contributed by atoms with Gasteiger partial charge in [-0.25, -0.2) is 13.6 Å². The van der Waals surface area contributed by atoms with Crippen LogP contribution in [0.4, 0.5) is 13.6 Å². The second-order valence-corrected chi connectivity index (χ2v) is 5.45. The predicted octanol–water partition coefficient (Wildman–Crippen LogP) is 3.18. The third-order valence-corrected chi connectivity index (χ3v) is 3.74. The van der Waals surface area contributed by atoms with Crippen LogP contribution in [-0.4, -0.2) is 16.9 Å². The summed E-state index contributed by atoms with van der Waals surface area (Å²) >= 11 is 4.97. The maximum absolute atomic E-state index is 13.3. The summed E-state index contributed by atoms with van der Waals surface area (Å²) in [6.07, 6.45) is 1.53. The molecule has 120 valence electrons. The van der Waals surface area contributed by atoms with E-state index < -0.39 is 23.6 Å². The molecule has 0 unspecified atom stereocenters. The predicted molar refractivity (Wildman–Crippen MR) is 89.0 cm³/mol. The van der Waals surface area contributed by atoms with Crippen LogP contribution in [0.3, 0.4) is 0 Å². The van der Waals surface area contributed by atoms with Crippen LogP contribution >= 0.6 is 12.2 Å². The second-order valence-electron chi connectivity index (χ2n) is 5.05. The molecule has 1 fully saturated rings. The quantitative estimate of drug-likeness (QED) is 0.650. The Morgan fingerprint density at radius 1 is 0.875 bits per heavy atom. The Kier molecular flexibility index (Phi) is 4.18. The first-order valence-electron chi connectivity index (χ1n) is 6.88. The van der Waals surface area contributed by atoms with E-state index in [9.17, 15) is 18.4 Å². The average Bonchev–Trinajstić information content (AvgIpc) is 2.54. The van der Waals surface area contributed by atoms with Gasteiger partial charge in [-0.2, -0.15) is 0 Å². The summed E-state index contributed by atoms with van der Waals surface area (Å²) < 4.78 is 26.3. The molecule has 24 heavy (non-hydrogen) atoms. The van der Waals surface area contributed by atoms with Gasteiger partial charge in [0.05, 0.1) is 5.57 Å². The molecule has 0 spiro atoms. The number of hydrogen-bond acceptors (Lipinski definition) is 3. The summed E-state index contributed by atoms with van der Waals surface area (Å²) in [5.41, 5.74) is 2.07. The Hall–Kier alpha value is -2.93. The summed E-state index contributed by atoms with van der Waals surface area (Å²) in [5, 5.41) is 4.45. The highest BCUT2D eigenvalue weighted by atomic mass is 32.1. The summed E-state index contributed by atoms with van der Waals surface area (Å²) in [5.74, 6) is -2.40. The molecule has 2 aromatic rings. The number of rotatable bonds is 2. The molecule has 3 rings (SSSR count). The Balaban J connectivity index is 1.88. The smallest absolute Gasteiger partial charge is 0.298 e. The normalized spacial score (nSPS) is 16.1. The number of hydrogen-bond donors (Lipinski definition) is 2. The molecule has 0 saturated carbocycles. The van der Waals surface area contributed by atoms with Crippen LogP contribution in [0.15, 0.2) is 48.0 Å². The molecule has 0 atom stereocenters. The van der Waals surface area contributed by atoms with Crippen LogP contribution in [-0.2, 0) is 4.79 Å². The van der Waals surface area contributed by atoms with E-state index in [1.54, 1.807) is 24.3 Å². The first kappa shape index (κ1) is 15.9. The van der Waals surface area contributed by atoms with E-state index in [0.717, 1.165) is 12.1 Å². The fourth-order valence-electron chi connectivity index (χ4n) is 2.22. The number of thiocarbonyl (C=S) groups is 1. The van der Waals surface area contributed by atoms with Crippen molar-refractivity contribution < 1.29 is 18.4 Å². The van der Waals surface area contributed by atoms with Crippen molar-refractivity contribution in [1.29, 1.82) is 0 Å². The summed E-state index contributed by atoms with van der Waals surface area (Å²) in [6, 6.07) is 9.83. The molecule has 7 heteroatoms. The molecule has 1 aliphatic rings. The number of urea groups is 1. The molecule has 0 aromatic heterocycles. The summed E-state index contributed by atoms with van der Waals surface area (Å²) in [6.45, 7) is 0. The Morgan fingerprint density at radius 3 is 2.17 bits per heavy atom. The van der Waals surface area contributed by atoms with E-state index in [1.807, 2.05) is 0 Å². The minimum Gasteiger partial charge on any atom is -0.298 e. The van der Waals surface area contributed by atoms with Crippen LogP contribution < -0.4 is 10.6 Å². The lowest BCUT2D eigenvalue weighted by Gasteiger charge is -2.16. The number of amides is 3. The Bertz CT molecular complexity index is 870. The van der Waals surface area contributed by atoms with Gasteiger partial charge in [0.2, 0.25) is 0 Å². The number of carbonyl (C=O) groups excluding carboxylic acids is 2. The first-order chi connectivity index (χ1) is 11.4. The van der Waals surface area contributed by atoms with Gasteiger partial charge in [0.15, 0.2) is 11.6 Å². The minimum atomic E-state index is -0.918. The molecule has 4 nitrogen and oxygen atoms in total. The van der Waals surface area contributed by atoms with E-state index in [1.165, 1.54) is 12.1 Å². The standard InChI is InChI=1S/C17H10F2N2O2S/c18-13-6-5-11(8-14(13)19)10-3-1-9(2-4-10)7-12-15(22)20-17(23)21-16(12)24/h1-8H,(H2,20,21,22,23,24)/b12-7+. The zero-order chi connectivity index (χ0) is 17.3. The molecule has 0 bridgehead atoms. The SMILES string of the molecule is O=C1NC(=O)/C(=C\c2ccc(-c3ccc(F)c(F)c3)cc2)C(=S)N1. The van der Waals surface area contributed by atoms with Gasteiger partial charge in [-0.05, 0) is 34.9 Å². The van der Waals surface area contributed by atoms with Crippen molar-refractivity contribution >= 4 is 35.2 Å². The van der Waals surface area contributed by atoms with Crippen molar-refractivity contribution in [1.82, 2.24) is 10.6 Å². The van der Waals surface area contributed by atoms with Gasteiger partial charge in [-0.3, -0.25) is 15.4 Å². The molecular formula is C17H10F2N2O2S. The van der Waals surface area contributed by atoms with Crippen molar-refractivity contribution in [3.05, 3.63) is 65.2 Å². The fourth-order valence-corrected chi connectivity index (χ4v) is 2.46. The van der Waals surface area contributed by atoms with Gasteiger partial charge < -0.3 is 0 Å². The van der Waals surface area contributed by atoms with E-state index in [2.05, 4.69) is 10.6 Å². The lowest BCUT2D eigenvalue weighted by atomic mass is 10.0. The van der Waals surface area contributed by atoms with Crippen molar-refractivity contribution in [2.45, 2.75) is 0 Å². The molecule has 2 aromatic carbocycles. The highest BCUT2D eigenvalue weighted by Crippen LogP contribution is 2.23. The number of benzene rings is 2. The van der Waals surface area contributed by atoms with Gasteiger partial charge in [0, 0.05) is 0 Å². The van der Waals surface area contributed by atoms with Crippen molar-refractivity contribution in [2.75, 3.05) is 0 Å². The topological polar surface area (TPSA) is 58.2 Å². The molecule has 0 aliphatic carbocycles. The zero-order valence-electron chi connectivity index (χ0n) is 12.1. The molecule has 0 radical (unpaired) electrons. The Labute approximate surface area is 141 Å². The number of nitrogens with one attached hydrogen (secondary N) is 2. The lowest BCUT2D eigenvalue weighted by Crippen LogP contribution is -2.50. The van der Waals surface area contributed by atoms with Gasteiger partial charge in [0.1, 0.15) is 4.99 Å². The summed E-state index contributed by atoms with van der Waals surface area (Å²) in [7, 11) is 0. The maximum Gasteiger partial charge on any atom is 0.326 e. The second kappa shape index (κ2) is 6.29. The maximum atomic E-state index is 13.3. The van der Waals surface area contributed by atoms with Gasteiger partial charge in [0.25, 0.3) is 5.91 Å². The molecule has 1 heterocycles. The average molecular weight is 344 g/mol. The van der Waals surface area contributed by atoms with Gasteiger partial charge in [-0.15, -0.1) is 0 Å². The highest BCUT2D eigenvalue weighted by molar-refractivity contribution is 7.81. The van der Waals surface area contributed by atoms with E-state index >= 15 is 0 Å². The first-order valence-corrected chi connectivity index (χ1v) is 7.29. The number of halogens is 2. The third kappa shape index (κ3) is 3.21. The van der Waals surface area contributed by atoms with Crippen LogP contribution in [0.5, 0.6) is 0 Å². The minimum absolute atomic E-state index is 0.0495. The summed E-state index contributed by atoms with van der Waals surface area (Å²) in [4.78, 5) is 22.9. The molecule has 2 N–H and O–H groups in total. The van der Waals surface area contributed by atoms with Gasteiger partial charge in [-0.1, -0.05) is 42.5 Å². The number of imide groups is 1. The van der Waals surface area contributed by atoms with Crippen molar-refractivity contribution in [3.63, 3.8) is 0 Å². The highest BCUT2D eigenvalue weighted by Gasteiger charge is 2.24. The van der Waals surface area contributed by atoms with Crippen LogP contribution in [0.25, 0.3) is 17.2 Å².